The Kier molecular flexibility index (Phi) is 8.72. The lowest BCUT2D eigenvalue weighted by Gasteiger charge is -2.12. The van der Waals surface area contributed by atoms with Gasteiger partial charge in [-0.2, -0.15) is 5.10 Å². The van der Waals surface area contributed by atoms with Crippen molar-refractivity contribution < 1.29 is 14.3 Å². The lowest BCUT2D eigenvalue weighted by molar-refractivity contribution is -0.118. The maximum Gasteiger partial charge on any atom is 0.250 e. The number of hydrogen-bond donors (Lipinski definition) is 1. The highest BCUT2D eigenvalue weighted by atomic mass is 79.9. The first-order valence-corrected chi connectivity index (χ1v) is 10.5. The van der Waals surface area contributed by atoms with E-state index in [1.807, 2.05) is 32.9 Å². The maximum absolute atomic E-state index is 12.0. The normalized spacial score (nSPS) is 10.9. The Labute approximate surface area is 177 Å². The van der Waals surface area contributed by atoms with Crippen molar-refractivity contribution in [2.75, 3.05) is 19.5 Å². The second-order valence-electron chi connectivity index (χ2n) is 5.90. The van der Waals surface area contributed by atoms with E-state index in [9.17, 15) is 4.79 Å². The van der Waals surface area contributed by atoms with Crippen LogP contribution in [0.1, 0.15) is 30.3 Å². The van der Waals surface area contributed by atoms with Crippen LogP contribution in [0.4, 0.5) is 0 Å². The number of carbonyl (C=O) groups is 1. The molecule has 2 rings (SSSR count). The molecule has 0 unspecified atom stereocenters. The highest BCUT2D eigenvalue weighted by molar-refractivity contribution is 9.10. The highest BCUT2D eigenvalue weighted by Crippen LogP contribution is 2.36. The van der Waals surface area contributed by atoms with Gasteiger partial charge in [-0.25, -0.2) is 15.4 Å². The summed E-state index contributed by atoms with van der Waals surface area (Å²) < 4.78 is 11.8. The Morgan fingerprint density at radius 2 is 2.00 bits per heavy atom. The van der Waals surface area contributed by atoms with Crippen molar-refractivity contribution in [3.8, 4) is 11.5 Å². The Morgan fingerprint density at radius 3 is 2.64 bits per heavy atom. The first-order chi connectivity index (χ1) is 13.4. The van der Waals surface area contributed by atoms with E-state index >= 15 is 0 Å². The van der Waals surface area contributed by atoms with E-state index in [2.05, 4.69) is 36.4 Å². The number of nitrogens with one attached hydrogen (secondary N) is 1. The summed E-state index contributed by atoms with van der Waals surface area (Å²) in [6.45, 7) is 6.43. The first kappa shape index (κ1) is 22.2. The molecule has 1 amide bonds. The predicted octanol–water partition coefficient (Wildman–Crippen LogP) is 3.90. The molecule has 1 heterocycles. The minimum absolute atomic E-state index is 0.178. The van der Waals surface area contributed by atoms with Crippen LogP contribution >= 0.6 is 27.7 Å². The lowest BCUT2D eigenvalue weighted by Crippen LogP contribution is -2.19. The molecule has 0 spiro atoms. The lowest BCUT2D eigenvalue weighted by atomic mass is 10.2. The quantitative estimate of drug-likeness (QED) is 0.261. The van der Waals surface area contributed by atoms with Crippen molar-refractivity contribution in [1.29, 1.82) is 0 Å². The molecule has 1 N–H and O–H groups in total. The van der Waals surface area contributed by atoms with Crippen LogP contribution in [0.5, 0.6) is 11.5 Å². The van der Waals surface area contributed by atoms with Gasteiger partial charge in [0.15, 0.2) is 16.7 Å². The van der Waals surface area contributed by atoms with E-state index < -0.39 is 0 Å². The van der Waals surface area contributed by atoms with Gasteiger partial charge in [0.25, 0.3) is 5.91 Å². The molecule has 0 bridgehead atoms. The van der Waals surface area contributed by atoms with Crippen LogP contribution in [0.25, 0.3) is 0 Å². The SMILES string of the molecule is CCCOc1c(Br)cc(/C=N/NC(=O)CSc2nc(C)cc(C)n2)cc1OC. The number of rotatable bonds is 9. The van der Waals surface area contributed by atoms with Crippen LogP contribution in [-0.2, 0) is 4.79 Å². The van der Waals surface area contributed by atoms with Crippen LogP contribution < -0.4 is 14.9 Å². The van der Waals surface area contributed by atoms with Gasteiger partial charge < -0.3 is 9.47 Å². The topological polar surface area (TPSA) is 85.7 Å². The number of aryl methyl sites for hydroxylation is 2. The van der Waals surface area contributed by atoms with Crippen molar-refractivity contribution in [2.45, 2.75) is 32.3 Å². The molecule has 0 saturated heterocycles. The molecular formula is C19H23BrN4O3S. The molecule has 28 heavy (non-hydrogen) atoms. The maximum atomic E-state index is 12.0. The smallest absolute Gasteiger partial charge is 0.250 e. The predicted molar refractivity (Wildman–Crippen MR) is 114 cm³/mol. The fraction of sp³-hybridized carbons (Fsp3) is 0.368. The van der Waals surface area contributed by atoms with Crippen LogP contribution in [0.3, 0.4) is 0 Å². The highest BCUT2D eigenvalue weighted by Gasteiger charge is 2.11. The van der Waals surface area contributed by atoms with Gasteiger partial charge in [0, 0.05) is 11.4 Å². The Morgan fingerprint density at radius 1 is 1.29 bits per heavy atom. The van der Waals surface area contributed by atoms with E-state index in [4.69, 9.17) is 9.47 Å². The fourth-order valence-electron chi connectivity index (χ4n) is 2.26. The minimum Gasteiger partial charge on any atom is -0.493 e. The summed E-state index contributed by atoms with van der Waals surface area (Å²) in [5.74, 6) is 1.18. The van der Waals surface area contributed by atoms with Crippen molar-refractivity contribution in [2.24, 2.45) is 5.10 Å². The van der Waals surface area contributed by atoms with Gasteiger partial charge in [-0.1, -0.05) is 18.7 Å². The fourth-order valence-corrected chi connectivity index (χ4v) is 3.57. The molecule has 9 heteroatoms. The first-order valence-electron chi connectivity index (χ1n) is 8.70. The number of ether oxygens (including phenoxy) is 2. The van der Waals surface area contributed by atoms with Crippen molar-refractivity contribution >= 4 is 39.8 Å². The third-order valence-electron chi connectivity index (χ3n) is 3.40. The van der Waals surface area contributed by atoms with E-state index in [0.29, 0.717) is 23.3 Å². The minimum atomic E-state index is -0.238. The molecule has 0 atom stereocenters. The van der Waals surface area contributed by atoms with Crippen molar-refractivity contribution in [3.63, 3.8) is 0 Å². The summed E-state index contributed by atoms with van der Waals surface area (Å²) in [6.07, 6.45) is 2.45. The van der Waals surface area contributed by atoms with Gasteiger partial charge in [-0.3, -0.25) is 4.79 Å². The average Bonchev–Trinajstić information content (AvgIpc) is 2.64. The number of carbonyl (C=O) groups excluding carboxylic acids is 1. The van der Waals surface area contributed by atoms with Gasteiger partial charge in [-0.05, 0) is 60.0 Å². The molecule has 7 nitrogen and oxygen atoms in total. The van der Waals surface area contributed by atoms with Crippen LogP contribution in [-0.4, -0.2) is 41.6 Å². The number of aromatic nitrogens is 2. The van der Waals surface area contributed by atoms with Crippen LogP contribution in [0.15, 0.2) is 32.9 Å². The Balaban J connectivity index is 1.94. The molecule has 0 fully saturated rings. The molecule has 0 aliphatic carbocycles. The molecule has 0 radical (unpaired) electrons. The Hall–Kier alpha value is -2.13. The summed E-state index contributed by atoms with van der Waals surface area (Å²) in [5.41, 5.74) is 5.01. The van der Waals surface area contributed by atoms with Gasteiger partial charge in [-0.15, -0.1) is 0 Å². The number of halogens is 1. The average molecular weight is 467 g/mol. The second kappa shape index (κ2) is 11.0. The molecule has 150 valence electrons. The van der Waals surface area contributed by atoms with Gasteiger partial charge in [0.05, 0.1) is 30.2 Å². The van der Waals surface area contributed by atoms with Crippen LogP contribution in [0.2, 0.25) is 0 Å². The number of methoxy groups -OCH3 is 1. The monoisotopic (exact) mass is 466 g/mol. The molecule has 0 aliphatic rings. The van der Waals surface area contributed by atoms with Gasteiger partial charge in [0.2, 0.25) is 0 Å². The van der Waals surface area contributed by atoms with E-state index in [-0.39, 0.29) is 11.7 Å². The molecule has 1 aromatic carbocycles. The number of hydrazone groups is 1. The molecule has 2 aromatic rings. The zero-order valence-electron chi connectivity index (χ0n) is 16.3. The largest absolute Gasteiger partial charge is 0.493 e. The zero-order chi connectivity index (χ0) is 20.5. The summed E-state index contributed by atoms with van der Waals surface area (Å²) in [6, 6.07) is 5.53. The van der Waals surface area contributed by atoms with E-state index in [1.54, 1.807) is 19.4 Å². The van der Waals surface area contributed by atoms with Crippen molar-refractivity contribution in [1.82, 2.24) is 15.4 Å². The number of benzene rings is 1. The van der Waals surface area contributed by atoms with Crippen LogP contribution in [0, 0.1) is 13.8 Å². The Bertz CT molecular complexity index is 841. The number of thioether (sulfide) groups is 1. The molecule has 0 saturated carbocycles. The van der Waals surface area contributed by atoms with Gasteiger partial charge >= 0.3 is 0 Å². The third-order valence-corrected chi connectivity index (χ3v) is 4.84. The standard InChI is InChI=1S/C19H23BrN4O3S/c1-5-6-27-18-15(20)8-14(9-16(18)26-4)10-21-24-17(25)11-28-19-22-12(2)7-13(3)23-19/h7-10H,5-6,11H2,1-4H3,(H,24,25)/b21-10+. The zero-order valence-corrected chi connectivity index (χ0v) is 18.7. The van der Waals surface area contributed by atoms with Crippen molar-refractivity contribution in [3.05, 3.63) is 39.6 Å². The second-order valence-corrected chi connectivity index (χ2v) is 7.69. The summed E-state index contributed by atoms with van der Waals surface area (Å²) >= 11 is 4.75. The molecule has 1 aromatic heterocycles. The summed E-state index contributed by atoms with van der Waals surface area (Å²) in [4.78, 5) is 20.6. The van der Waals surface area contributed by atoms with Gasteiger partial charge in [0.1, 0.15) is 0 Å². The number of amides is 1. The molecular weight excluding hydrogens is 444 g/mol. The summed E-state index contributed by atoms with van der Waals surface area (Å²) in [5, 5.41) is 4.58. The number of nitrogens with zero attached hydrogens (tertiary/aromatic N) is 3. The summed E-state index contributed by atoms with van der Waals surface area (Å²) in [7, 11) is 1.58. The molecule has 0 aliphatic heterocycles. The van der Waals surface area contributed by atoms with E-state index in [0.717, 1.165) is 27.8 Å². The number of hydrogen-bond acceptors (Lipinski definition) is 7. The van der Waals surface area contributed by atoms with E-state index in [1.165, 1.54) is 11.8 Å². The third kappa shape index (κ3) is 6.79.